The Morgan fingerprint density at radius 1 is 1.20 bits per heavy atom. The van der Waals surface area contributed by atoms with Crippen molar-refractivity contribution in [3.63, 3.8) is 0 Å². The number of carboxylic acids is 1. The quantitative estimate of drug-likeness (QED) is 0.680. The lowest BCUT2D eigenvalue weighted by atomic mass is 9.89. The number of anilines is 1. The molecule has 2 aromatic carbocycles. The highest BCUT2D eigenvalue weighted by atomic mass is 35.5. The summed E-state index contributed by atoms with van der Waals surface area (Å²) >= 11 is 6.30. The Labute approximate surface area is 181 Å². The van der Waals surface area contributed by atoms with Gasteiger partial charge in [0.25, 0.3) is 0 Å². The van der Waals surface area contributed by atoms with Crippen molar-refractivity contribution in [3.05, 3.63) is 52.5 Å². The molecule has 7 heteroatoms. The van der Waals surface area contributed by atoms with Crippen LogP contribution in [0.2, 0.25) is 5.02 Å². The molecule has 0 radical (unpaired) electrons. The second kappa shape index (κ2) is 9.14. The van der Waals surface area contributed by atoms with E-state index in [1.165, 1.54) is 5.56 Å². The van der Waals surface area contributed by atoms with Gasteiger partial charge in [0.2, 0.25) is 6.10 Å². The number of fused-ring (bicyclic) bond motifs is 1. The summed E-state index contributed by atoms with van der Waals surface area (Å²) in [5, 5.41) is 9.59. The van der Waals surface area contributed by atoms with Crippen LogP contribution in [0.5, 0.6) is 11.5 Å². The highest BCUT2D eigenvalue weighted by molar-refractivity contribution is 6.33. The lowest BCUT2D eigenvalue weighted by Gasteiger charge is -2.33. The SMILES string of the molecule is Nc1c(Cl)cc(CC2CCN(CCc3ccccc3)CC2)c2c1OC(C(=O)O)CO2. The molecule has 6 nitrogen and oxygen atoms in total. The third-order valence-corrected chi connectivity index (χ3v) is 6.30. The van der Waals surface area contributed by atoms with Gasteiger partial charge in [-0.1, -0.05) is 41.9 Å². The first-order valence-corrected chi connectivity index (χ1v) is 10.8. The van der Waals surface area contributed by atoms with Gasteiger partial charge >= 0.3 is 5.97 Å². The van der Waals surface area contributed by atoms with Crippen molar-refractivity contribution >= 4 is 23.3 Å². The minimum Gasteiger partial charge on any atom is -0.485 e. The van der Waals surface area contributed by atoms with Gasteiger partial charge < -0.3 is 25.2 Å². The highest BCUT2D eigenvalue weighted by Gasteiger charge is 2.32. The number of nitrogens with zero attached hydrogens (tertiary/aromatic N) is 1. The Kier molecular flexibility index (Phi) is 6.35. The molecule has 0 aliphatic carbocycles. The summed E-state index contributed by atoms with van der Waals surface area (Å²) in [4.78, 5) is 13.8. The van der Waals surface area contributed by atoms with Crippen molar-refractivity contribution in [2.75, 3.05) is 32.0 Å². The maximum atomic E-state index is 11.3. The number of nitrogens with two attached hydrogens (primary N) is 1. The van der Waals surface area contributed by atoms with Gasteiger partial charge in [-0.2, -0.15) is 0 Å². The van der Waals surface area contributed by atoms with Crippen LogP contribution in [0.3, 0.4) is 0 Å². The lowest BCUT2D eigenvalue weighted by molar-refractivity contribution is -0.147. The zero-order chi connectivity index (χ0) is 21.1. The highest BCUT2D eigenvalue weighted by Crippen LogP contribution is 2.45. The molecule has 0 saturated carbocycles. The standard InChI is InChI=1S/C23H27ClN2O4/c24-18-13-17(21-22(20(18)25)30-19(14-29-21)23(27)28)12-16-7-10-26(11-8-16)9-6-15-4-2-1-3-5-15/h1-5,13,16,19H,6-12,14,25H2,(H,27,28). The number of likely N-dealkylation sites (tertiary alicyclic amines) is 1. The van der Waals surface area contributed by atoms with Crippen molar-refractivity contribution in [2.24, 2.45) is 5.92 Å². The van der Waals surface area contributed by atoms with Crippen LogP contribution in [0, 0.1) is 5.92 Å². The van der Waals surface area contributed by atoms with Crippen LogP contribution < -0.4 is 15.2 Å². The minimum absolute atomic E-state index is 0.0334. The summed E-state index contributed by atoms with van der Waals surface area (Å²) in [5.74, 6) is 0.240. The van der Waals surface area contributed by atoms with E-state index in [-0.39, 0.29) is 18.0 Å². The van der Waals surface area contributed by atoms with Crippen LogP contribution >= 0.6 is 11.6 Å². The molecule has 0 spiro atoms. The van der Waals surface area contributed by atoms with Crippen molar-refractivity contribution < 1.29 is 19.4 Å². The molecule has 0 aromatic heterocycles. The number of ether oxygens (including phenoxy) is 2. The first-order valence-electron chi connectivity index (χ1n) is 10.4. The number of rotatable bonds is 6. The predicted octanol–water partition coefficient (Wildman–Crippen LogP) is 3.64. The number of aliphatic carboxylic acids is 1. The summed E-state index contributed by atoms with van der Waals surface area (Å²) in [7, 11) is 0. The van der Waals surface area contributed by atoms with Crippen LogP contribution in [0.15, 0.2) is 36.4 Å². The summed E-state index contributed by atoms with van der Waals surface area (Å²) in [6, 6.07) is 12.4. The molecule has 2 aliphatic heterocycles. The first kappa shape index (κ1) is 20.8. The normalized spacial score (nSPS) is 19.6. The second-order valence-electron chi connectivity index (χ2n) is 8.07. The Hall–Kier alpha value is -2.44. The lowest BCUT2D eigenvalue weighted by Crippen LogP contribution is -2.37. The van der Waals surface area contributed by atoms with Crippen molar-refractivity contribution in [3.8, 4) is 11.5 Å². The molecule has 1 unspecified atom stereocenters. The summed E-state index contributed by atoms with van der Waals surface area (Å²) in [6.07, 6.45) is 3.02. The van der Waals surface area contributed by atoms with E-state index in [9.17, 15) is 9.90 Å². The monoisotopic (exact) mass is 430 g/mol. The average Bonchev–Trinajstić information content (AvgIpc) is 2.77. The molecule has 2 aliphatic rings. The molecule has 30 heavy (non-hydrogen) atoms. The Morgan fingerprint density at radius 3 is 2.63 bits per heavy atom. The molecule has 1 atom stereocenters. The van der Waals surface area contributed by atoms with E-state index in [0.29, 0.717) is 16.7 Å². The average molecular weight is 431 g/mol. The van der Waals surface area contributed by atoms with E-state index in [2.05, 4.69) is 29.2 Å². The van der Waals surface area contributed by atoms with Crippen LogP contribution in [0.4, 0.5) is 5.69 Å². The summed E-state index contributed by atoms with van der Waals surface area (Å²) in [6.45, 7) is 3.18. The van der Waals surface area contributed by atoms with Gasteiger partial charge in [0.1, 0.15) is 6.61 Å². The molecule has 2 heterocycles. The third kappa shape index (κ3) is 4.65. The van der Waals surface area contributed by atoms with Gasteiger partial charge in [0.05, 0.1) is 10.7 Å². The molecule has 160 valence electrons. The number of carboxylic acid groups (broad SMARTS) is 1. The third-order valence-electron chi connectivity index (χ3n) is 5.99. The molecule has 2 aromatic rings. The zero-order valence-corrected chi connectivity index (χ0v) is 17.6. The smallest absolute Gasteiger partial charge is 0.348 e. The Morgan fingerprint density at radius 2 is 1.93 bits per heavy atom. The van der Waals surface area contributed by atoms with Gasteiger partial charge in [-0.25, -0.2) is 4.79 Å². The van der Waals surface area contributed by atoms with E-state index in [1.807, 2.05) is 12.1 Å². The van der Waals surface area contributed by atoms with Crippen LogP contribution in [-0.4, -0.2) is 48.3 Å². The molecule has 0 bridgehead atoms. The molecule has 0 amide bonds. The molecule has 4 rings (SSSR count). The van der Waals surface area contributed by atoms with E-state index in [4.69, 9.17) is 26.8 Å². The molecule has 1 fully saturated rings. The molecular formula is C23H27ClN2O4. The Bertz CT molecular complexity index is 898. The first-order chi connectivity index (χ1) is 14.5. The molecule has 3 N–H and O–H groups in total. The fraction of sp³-hybridized carbons (Fsp3) is 0.435. The largest absolute Gasteiger partial charge is 0.485 e. The van der Waals surface area contributed by atoms with Crippen LogP contribution in [0.25, 0.3) is 0 Å². The zero-order valence-electron chi connectivity index (χ0n) is 16.9. The molecular weight excluding hydrogens is 404 g/mol. The van der Waals surface area contributed by atoms with Gasteiger partial charge in [-0.15, -0.1) is 0 Å². The van der Waals surface area contributed by atoms with E-state index < -0.39 is 12.1 Å². The fourth-order valence-electron chi connectivity index (χ4n) is 4.21. The van der Waals surface area contributed by atoms with E-state index in [1.54, 1.807) is 0 Å². The minimum atomic E-state index is -1.08. The number of carbonyl (C=O) groups is 1. The van der Waals surface area contributed by atoms with Crippen molar-refractivity contribution in [1.82, 2.24) is 4.90 Å². The fourth-order valence-corrected chi connectivity index (χ4v) is 4.43. The summed E-state index contributed by atoms with van der Waals surface area (Å²) < 4.78 is 11.3. The van der Waals surface area contributed by atoms with Crippen LogP contribution in [-0.2, 0) is 17.6 Å². The molecule has 1 saturated heterocycles. The van der Waals surface area contributed by atoms with Gasteiger partial charge in [0, 0.05) is 6.54 Å². The van der Waals surface area contributed by atoms with E-state index >= 15 is 0 Å². The number of halogens is 1. The topological polar surface area (TPSA) is 85.0 Å². The number of hydrogen-bond donors (Lipinski definition) is 2. The van der Waals surface area contributed by atoms with Gasteiger partial charge in [0.15, 0.2) is 11.5 Å². The van der Waals surface area contributed by atoms with Crippen LogP contribution in [0.1, 0.15) is 24.0 Å². The predicted molar refractivity (Wildman–Crippen MR) is 116 cm³/mol. The van der Waals surface area contributed by atoms with Crippen molar-refractivity contribution in [1.29, 1.82) is 0 Å². The van der Waals surface area contributed by atoms with E-state index in [0.717, 1.165) is 50.9 Å². The number of piperidine rings is 1. The van der Waals surface area contributed by atoms with Crippen molar-refractivity contribution in [2.45, 2.75) is 31.8 Å². The summed E-state index contributed by atoms with van der Waals surface area (Å²) in [5.41, 5.74) is 8.58. The Balaban J connectivity index is 1.37. The second-order valence-corrected chi connectivity index (χ2v) is 8.48. The maximum absolute atomic E-state index is 11.3. The van der Waals surface area contributed by atoms with Gasteiger partial charge in [-0.3, -0.25) is 0 Å². The number of nitrogen functional groups attached to an aromatic ring is 1. The maximum Gasteiger partial charge on any atom is 0.348 e. The number of benzene rings is 2. The number of hydrogen-bond acceptors (Lipinski definition) is 5. The van der Waals surface area contributed by atoms with Gasteiger partial charge in [-0.05, 0) is 61.9 Å².